The SMILES string of the molecule is Cc1cc(-c2cn(S(=O)c3ccccc3)c3ccccc23)ncn1. The van der Waals surface area contributed by atoms with Crippen LogP contribution in [0.15, 0.2) is 78.1 Å². The number of para-hydroxylation sites is 1. The van der Waals surface area contributed by atoms with E-state index < -0.39 is 11.0 Å². The Morgan fingerprint density at radius 2 is 1.71 bits per heavy atom. The molecule has 0 spiro atoms. The Balaban J connectivity index is 1.94. The molecule has 1 unspecified atom stereocenters. The number of benzene rings is 2. The lowest BCUT2D eigenvalue weighted by atomic mass is 10.1. The van der Waals surface area contributed by atoms with Crippen LogP contribution in [0.1, 0.15) is 5.69 Å². The highest BCUT2D eigenvalue weighted by molar-refractivity contribution is 7.83. The van der Waals surface area contributed by atoms with Gasteiger partial charge in [-0.25, -0.2) is 14.2 Å². The molecule has 0 saturated carbocycles. The Kier molecular flexibility index (Phi) is 3.70. The van der Waals surface area contributed by atoms with Crippen molar-refractivity contribution in [1.82, 2.24) is 13.9 Å². The van der Waals surface area contributed by atoms with Gasteiger partial charge in [0.05, 0.1) is 16.1 Å². The number of nitrogens with zero attached hydrogens (tertiary/aromatic N) is 3. The first kappa shape index (κ1) is 14.8. The summed E-state index contributed by atoms with van der Waals surface area (Å²) in [6, 6.07) is 19.3. The predicted molar refractivity (Wildman–Crippen MR) is 95.9 cm³/mol. The fourth-order valence-electron chi connectivity index (χ4n) is 2.74. The second-order valence-corrected chi connectivity index (χ2v) is 6.86. The van der Waals surface area contributed by atoms with Gasteiger partial charge in [0.25, 0.3) is 0 Å². The molecule has 0 aliphatic carbocycles. The molecule has 4 aromatic rings. The van der Waals surface area contributed by atoms with Crippen molar-refractivity contribution in [3.05, 3.63) is 78.9 Å². The third-order valence-electron chi connectivity index (χ3n) is 3.88. The Hall–Kier alpha value is -2.79. The zero-order chi connectivity index (χ0) is 16.5. The molecule has 2 heterocycles. The van der Waals surface area contributed by atoms with Crippen LogP contribution in [0.3, 0.4) is 0 Å². The molecule has 24 heavy (non-hydrogen) atoms. The molecule has 0 aliphatic rings. The summed E-state index contributed by atoms with van der Waals surface area (Å²) in [5.74, 6) is 0. The normalized spacial score (nSPS) is 12.4. The van der Waals surface area contributed by atoms with Gasteiger partial charge in [-0.15, -0.1) is 0 Å². The van der Waals surface area contributed by atoms with E-state index in [0.717, 1.165) is 32.7 Å². The van der Waals surface area contributed by atoms with Crippen LogP contribution < -0.4 is 0 Å². The quantitative estimate of drug-likeness (QED) is 0.570. The average molecular weight is 333 g/mol. The Morgan fingerprint density at radius 1 is 0.958 bits per heavy atom. The van der Waals surface area contributed by atoms with Crippen LogP contribution in [0.4, 0.5) is 0 Å². The zero-order valence-corrected chi connectivity index (χ0v) is 13.9. The maximum Gasteiger partial charge on any atom is 0.157 e. The summed E-state index contributed by atoms with van der Waals surface area (Å²) in [5, 5.41) is 1.03. The largest absolute Gasteiger partial charge is 0.262 e. The van der Waals surface area contributed by atoms with E-state index in [1.54, 1.807) is 10.3 Å². The molecule has 0 fully saturated rings. The second-order valence-electron chi connectivity index (χ2n) is 5.49. The molecule has 2 aromatic heterocycles. The molecule has 0 saturated heterocycles. The minimum Gasteiger partial charge on any atom is -0.262 e. The summed E-state index contributed by atoms with van der Waals surface area (Å²) < 4.78 is 14.8. The van der Waals surface area contributed by atoms with E-state index in [2.05, 4.69) is 9.97 Å². The van der Waals surface area contributed by atoms with Gasteiger partial charge in [-0.1, -0.05) is 36.4 Å². The maximum absolute atomic E-state index is 13.0. The summed E-state index contributed by atoms with van der Waals surface area (Å²) in [7, 11) is -1.31. The van der Waals surface area contributed by atoms with Crippen LogP contribution in [0.2, 0.25) is 0 Å². The molecule has 0 bridgehead atoms. The topological polar surface area (TPSA) is 47.8 Å². The first-order chi connectivity index (χ1) is 11.7. The van der Waals surface area contributed by atoms with Crippen molar-refractivity contribution in [3.8, 4) is 11.3 Å². The van der Waals surface area contributed by atoms with Crippen molar-refractivity contribution in [3.63, 3.8) is 0 Å². The minimum absolute atomic E-state index is 0.767. The van der Waals surface area contributed by atoms with Gasteiger partial charge in [0.1, 0.15) is 6.33 Å². The van der Waals surface area contributed by atoms with Gasteiger partial charge in [-0.3, -0.25) is 3.97 Å². The first-order valence-electron chi connectivity index (χ1n) is 7.60. The van der Waals surface area contributed by atoms with Crippen LogP contribution in [0.5, 0.6) is 0 Å². The molecule has 4 rings (SSSR count). The predicted octanol–water partition coefficient (Wildman–Crippen LogP) is 3.98. The van der Waals surface area contributed by atoms with Gasteiger partial charge < -0.3 is 0 Å². The van der Waals surface area contributed by atoms with Gasteiger partial charge in [0.15, 0.2) is 11.0 Å². The van der Waals surface area contributed by atoms with Gasteiger partial charge in [0.2, 0.25) is 0 Å². The molecule has 0 radical (unpaired) electrons. The molecule has 2 aromatic carbocycles. The lowest BCUT2D eigenvalue weighted by Crippen LogP contribution is -2.03. The molecule has 118 valence electrons. The third-order valence-corrected chi connectivity index (χ3v) is 5.22. The highest BCUT2D eigenvalue weighted by atomic mass is 32.2. The van der Waals surface area contributed by atoms with E-state index >= 15 is 0 Å². The van der Waals surface area contributed by atoms with Crippen molar-refractivity contribution in [1.29, 1.82) is 0 Å². The third kappa shape index (κ3) is 2.53. The molecule has 1 atom stereocenters. The van der Waals surface area contributed by atoms with Gasteiger partial charge in [-0.05, 0) is 31.2 Å². The molecular formula is C19H15N3OS. The van der Waals surface area contributed by atoms with Crippen molar-refractivity contribution >= 4 is 21.9 Å². The number of hydrogen-bond acceptors (Lipinski definition) is 3. The second kappa shape index (κ2) is 6.02. The highest BCUT2D eigenvalue weighted by Gasteiger charge is 2.15. The average Bonchev–Trinajstić information content (AvgIpc) is 3.01. The van der Waals surface area contributed by atoms with Crippen LogP contribution in [0, 0.1) is 6.92 Å². The summed E-state index contributed by atoms with van der Waals surface area (Å²) in [6.45, 7) is 1.94. The van der Waals surface area contributed by atoms with Crippen molar-refractivity contribution in [2.75, 3.05) is 0 Å². The van der Waals surface area contributed by atoms with Crippen molar-refractivity contribution in [2.24, 2.45) is 0 Å². The lowest BCUT2D eigenvalue weighted by molar-refractivity contribution is 0.678. The first-order valence-corrected chi connectivity index (χ1v) is 8.71. The number of fused-ring (bicyclic) bond motifs is 1. The summed E-state index contributed by atoms with van der Waals surface area (Å²) >= 11 is 0. The van der Waals surface area contributed by atoms with Crippen LogP contribution >= 0.6 is 0 Å². The lowest BCUT2D eigenvalue weighted by Gasteiger charge is -2.04. The number of aromatic nitrogens is 3. The van der Waals surface area contributed by atoms with Crippen molar-refractivity contribution < 1.29 is 4.21 Å². The minimum atomic E-state index is -1.31. The Morgan fingerprint density at radius 3 is 2.50 bits per heavy atom. The monoisotopic (exact) mass is 333 g/mol. The molecule has 4 nitrogen and oxygen atoms in total. The highest BCUT2D eigenvalue weighted by Crippen LogP contribution is 2.31. The molecular weight excluding hydrogens is 318 g/mol. The molecule has 0 amide bonds. The fourth-order valence-corrected chi connectivity index (χ4v) is 3.90. The standard InChI is InChI=1S/C19H15N3OS/c1-14-11-18(21-13-20-14)17-12-22(19-10-6-5-9-16(17)19)24(23)15-7-3-2-4-8-15/h2-13H,1H3. The molecule has 0 N–H and O–H groups in total. The summed E-state index contributed by atoms with van der Waals surface area (Å²) in [4.78, 5) is 9.31. The number of aryl methyl sites for hydroxylation is 1. The van der Waals surface area contributed by atoms with Gasteiger partial charge >= 0.3 is 0 Å². The Bertz CT molecular complexity index is 1040. The van der Waals surface area contributed by atoms with Gasteiger partial charge in [0, 0.05) is 22.8 Å². The van der Waals surface area contributed by atoms with Crippen molar-refractivity contribution in [2.45, 2.75) is 11.8 Å². The zero-order valence-electron chi connectivity index (χ0n) is 13.1. The summed E-state index contributed by atoms with van der Waals surface area (Å²) in [6.07, 6.45) is 3.47. The van der Waals surface area contributed by atoms with Crippen LogP contribution in [0.25, 0.3) is 22.2 Å². The van der Waals surface area contributed by atoms with E-state index in [1.165, 1.54) is 0 Å². The van der Waals surface area contributed by atoms with E-state index in [1.807, 2.05) is 73.8 Å². The van der Waals surface area contributed by atoms with E-state index in [9.17, 15) is 4.21 Å². The molecule has 0 aliphatic heterocycles. The molecule has 5 heteroatoms. The van der Waals surface area contributed by atoms with Gasteiger partial charge in [-0.2, -0.15) is 0 Å². The smallest absolute Gasteiger partial charge is 0.157 e. The summed E-state index contributed by atoms with van der Waals surface area (Å²) in [5.41, 5.74) is 3.62. The number of hydrogen-bond donors (Lipinski definition) is 0. The fraction of sp³-hybridized carbons (Fsp3) is 0.0526. The maximum atomic E-state index is 13.0. The number of rotatable bonds is 3. The Labute approximate surface area is 142 Å². The van der Waals surface area contributed by atoms with Crippen LogP contribution in [-0.4, -0.2) is 18.1 Å². The van der Waals surface area contributed by atoms with Crippen LogP contribution in [-0.2, 0) is 11.0 Å². The van der Waals surface area contributed by atoms with E-state index in [-0.39, 0.29) is 0 Å². The van der Waals surface area contributed by atoms with E-state index in [4.69, 9.17) is 0 Å². The van der Waals surface area contributed by atoms with E-state index in [0.29, 0.717) is 0 Å².